The van der Waals surface area contributed by atoms with Gasteiger partial charge in [0.05, 0.1) is 21.0 Å². The second-order valence-corrected chi connectivity index (χ2v) is 10.7. The van der Waals surface area contributed by atoms with E-state index in [0.29, 0.717) is 34.1 Å². The molecule has 1 N–H and O–H groups in total. The minimum absolute atomic E-state index is 0.103. The zero-order valence-electron chi connectivity index (χ0n) is 24.4. The van der Waals surface area contributed by atoms with E-state index in [1.807, 2.05) is 0 Å². The number of aryl methyl sites for hydroxylation is 2. The summed E-state index contributed by atoms with van der Waals surface area (Å²) in [6, 6.07) is 24.8. The molecule has 5 aromatic rings. The number of carbonyl (C=O) groups is 2. The number of benzene rings is 5. The van der Waals surface area contributed by atoms with Crippen molar-refractivity contribution in [3.8, 4) is 28.7 Å². The summed E-state index contributed by atoms with van der Waals surface area (Å²) in [6.45, 7) is 3.55. The number of nitro benzene ring substituents is 2. The molecule has 1 aliphatic heterocycles. The number of hydrogen-bond acceptors (Lipinski definition) is 9. The van der Waals surface area contributed by atoms with E-state index >= 15 is 0 Å². The van der Waals surface area contributed by atoms with E-state index in [0.717, 1.165) is 0 Å². The number of phenols is 1. The molecule has 0 aliphatic carbocycles. The molecule has 0 spiro atoms. The van der Waals surface area contributed by atoms with Gasteiger partial charge in [0.1, 0.15) is 28.7 Å². The van der Waals surface area contributed by atoms with Crippen LogP contribution in [0.1, 0.15) is 31.8 Å². The third-order valence-corrected chi connectivity index (χ3v) is 7.69. The molecule has 0 saturated heterocycles. The number of imide groups is 1. The topological polar surface area (TPSA) is 159 Å². The number of aromatic hydroxyl groups is 1. The van der Waals surface area contributed by atoms with Crippen molar-refractivity contribution in [1.82, 2.24) is 4.48 Å². The summed E-state index contributed by atoms with van der Waals surface area (Å²) in [5, 5.41) is 32.5. The Kier molecular flexibility index (Phi) is 7.26. The molecule has 228 valence electrons. The summed E-state index contributed by atoms with van der Waals surface area (Å²) in [5.74, 6) is -0.292. The fourth-order valence-corrected chi connectivity index (χ4v) is 5.30. The minimum atomic E-state index is -0.935. The Labute approximate surface area is 261 Å². The fourth-order valence-electron chi connectivity index (χ4n) is 5.30. The van der Waals surface area contributed by atoms with Gasteiger partial charge < -0.3 is 14.6 Å². The van der Waals surface area contributed by atoms with Gasteiger partial charge in [0, 0.05) is 48.5 Å². The number of amides is 2. The molecule has 0 unspecified atom stereocenters. The van der Waals surface area contributed by atoms with Crippen LogP contribution in [0.2, 0.25) is 0 Å². The molecule has 46 heavy (non-hydrogen) atoms. The van der Waals surface area contributed by atoms with Crippen LogP contribution >= 0.6 is 0 Å². The second-order valence-electron chi connectivity index (χ2n) is 10.7. The summed E-state index contributed by atoms with van der Waals surface area (Å²) < 4.78 is 11.2. The van der Waals surface area contributed by atoms with Gasteiger partial charge in [-0.15, -0.1) is 4.48 Å². The van der Waals surface area contributed by atoms with Crippen LogP contribution in [-0.4, -0.2) is 26.8 Å². The molecule has 0 radical (unpaired) electrons. The van der Waals surface area contributed by atoms with E-state index in [9.17, 15) is 34.9 Å². The first-order valence-electron chi connectivity index (χ1n) is 13.9. The Morgan fingerprint density at radius 3 is 1.35 bits per heavy atom. The fraction of sp³-hybridized carbons (Fsp3) is 0.0588. The third kappa shape index (κ3) is 5.08. The van der Waals surface area contributed by atoms with Crippen molar-refractivity contribution in [2.45, 2.75) is 13.8 Å². The van der Waals surface area contributed by atoms with Crippen molar-refractivity contribution in [2.75, 3.05) is 0 Å². The zero-order valence-corrected chi connectivity index (χ0v) is 24.4. The van der Waals surface area contributed by atoms with E-state index in [1.54, 1.807) is 50.2 Å². The van der Waals surface area contributed by atoms with Crippen molar-refractivity contribution < 1.29 is 34.0 Å². The van der Waals surface area contributed by atoms with Crippen molar-refractivity contribution in [3.05, 3.63) is 146 Å². The number of rotatable bonds is 8. The van der Waals surface area contributed by atoms with Gasteiger partial charge >= 0.3 is 11.8 Å². The number of nitrogens with zero attached hydrogens (tertiary/aromatic N) is 3. The van der Waals surface area contributed by atoms with E-state index in [-0.39, 0.29) is 39.6 Å². The van der Waals surface area contributed by atoms with Crippen molar-refractivity contribution >= 4 is 34.6 Å². The number of non-ortho nitro benzene ring substituents is 2. The Bertz CT molecular complexity index is 1930. The van der Waals surface area contributed by atoms with Crippen LogP contribution in [0, 0.1) is 34.1 Å². The molecule has 0 atom stereocenters. The third-order valence-electron chi connectivity index (χ3n) is 7.69. The lowest BCUT2D eigenvalue weighted by molar-refractivity contribution is -0.385. The number of quaternary nitrogens is 1. The normalized spacial score (nSPS) is 13.3. The number of ether oxygens (including phenoxy) is 2. The Morgan fingerprint density at radius 2 is 0.978 bits per heavy atom. The zero-order chi connectivity index (χ0) is 32.7. The minimum Gasteiger partial charge on any atom is -0.508 e. The maximum Gasteiger partial charge on any atom is 0.363 e. The van der Waals surface area contributed by atoms with Crippen LogP contribution in [0.15, 0.2) is 103 Å². The van der Waals surface area contributed by atoms with E-state index in [4.69, 9.17) is 9.47 Å². The van der Waals surface area contributed by atoms with Gasteiger partial charge in [0.25, 0.3) is 11.4 Å². The predicted octanol–water partition coefficient (Wildman–Crippen LogP) is 8.04. The number of phenolic OH excluding ortho intramolecular Hbond substituents is 1. The van der Waals surface area contributed by atoms with Crippen LogP contribution in [-0.2, 0) is 0 Å². The monoisotopic (exact) mass is 618 g/mol. The van der Waals surface area contributed by atoms with Gasteiger partial charge in [-0.2, -0.15) is 0 Å². The number of fused-ring (bicyclic) bond motifs is 2. The SMILES string of the molecule is Cc1ccc([N+]2(c3ccc(C)c(Oc4ccc([N+](=O)[O-])cc4)c3)C(=O)c3cc(O)cc(c3)C2=O)cc1Oc1ccc([N+](=O)[O-])cc1. The van der Waals surface area contributed by atoms with Gasteiger partial charge in [-0.3, -0.25) is 20.2 Å². The first-order valence-corrected chi connectivity index (χ1v) is 13.9. The summed E-state index contributed by atoms with van der Waals surface area (Å²) in [7, 11) is 0. The Balaban J connectivity index is 1.49. The van der Waals surface area contributed by atoms with Gasteiger partial charge in [-0.25, -0.2) is 9.59 Å². The van der Waals surface area contributed by atoms with Crippen molar-refractivity contribution in [2.24, 2.45) is 0 Å². The molecule has 2 bridgehead atoms. The second kappa shape index (κ2) is 11.3. The van der Waals surface area contributed by atoms with Gasteiger partial charge in [-0.1, -0.05) is 0 Å². The molecule has 0 aromatic heterocycles. The molecule has 0 fully saturated rings. The molecular formula is C34H24N3O9+. The predicted molar refractivity (Wildman–Crippen MR) is 167 cm³/mol. The summed E-state index contributed by atoms with van der Waals surface area (Å²) in [4.78, 5) is 50.0. The maximum atomic E-state index is 14.4. The largest absolute Gasteiger partial charge is 0.508 e. The van der Waals surface area contributed by atoms with Gasteiger partial charge in [0.2, 0.25) is 0 Å². The molecule has 1 heterocycles. The van der Waals surface area contributed by atoms with E-state index in [1.165, 1.54) is 66.7 Å². The highest BCUT2D eigenvalue weighted by Crippen LogP contribution is 2.46. The van der Waals surface area contributed by atoms with E-state index in [2.05, 4.69) is 0 Å². The Morgan fingerprint density at radius 1 is 0.587 bits per heavy atom. The molecule has 12 nitrogen and oxygen atoms in total. The van der Waals surface area contributed by atoms with Gasteiger partial charge in [-0.05, 0) is 79.6 Å². The summed E-state index contributed by atoms with van der Waals surface area (Å²) >= 11 is 0. The first-order chi connectivity index (χ1) is 22.0. The smallest absolute Gasteiger partial charge is 0.363 e. The molecule has 6 rings (SSSR count). The molecular weight excluding hydrogens is 594 g/mol. The highest BCUT2D eigenvalue weighted by Gasteiger charge is 2.54. The number of nitro groups is 2. The molecule has 0 saturated carbocycles. The lowest BCUT2D eigenvalue weighted by Crippen LogP contribution is -2.56. The highest BCUT2D eigenvalue weighted by molar-refractivity contribution is 6.27. The lowest BCUT2D eigenvalue weighted by atomic mass is 9.96. The van der Waals surface area contributed by atoms with Crippen molar-refractivity contribution in [3.63, 3.8) is 0 Å². The molecule has 1 aliphatic rings. The highest BCUT2D eigenvalue weighted by atomic mass is 16.6. The average Bonchev–Trinajstić information content (AvgIpc) is 3.03. The molecule has 5 aromatic carbocycles. The average molecular weight is 619 g/mol. The lowest BCUT2D eigenvalue weighted by Gasteiger charge is -2.35. The summed E-state index contributed by atoms with van der Waals surface area (Å²) in [6.07, 6.45) is 0. The van der Waals surface area contributed by atoms with Crippen molar-refractivity contribution in [1.29, 1.82) is 0 Å². The van der Waals surface area contributed by atoms with Crippen LogP contribution < -0.4 is 14.0 Å². The Hall–Kier alpha value is -6.40. The van der Waals surface area contributed by atoms with Crippen LogP contribution in [0.25, 0.3) is 0 Å². The number of hydrogen-bond donors (Lipinski definition) is 1. The summed E-state index contributed by atoms with van der Waals surface area (Å²) in [5.41, 5.74) is 1.78. The van der Waals surface area contributed by atoms with Crippen LogP contribution in [0.4, 0.5) is 22.7 Å². The maximum absolute atomic E-state index is 14.4. The standard InChI is InChI=1S/C34H23N3O9/c1-20-3-9-26(18-31(20)45-29-11-5-24(6-12-29)35(41)42)37(33(39)22-15-23(34(37)40)17-28(38)16-22)27-10-4-21(2)32(19-27)46-30-13-7-25(8-14-30)36(43)44/h3-19H,1-2H3/p+1. The quantitative estimate of drug-likeness (QED) is 0.0785. The van der Waals surface area contributed by atoms with Gasteiger partial charge in [0.15, 0.2) is 11.4 Å². The first kappa shape index (κ1) is 29.7. The molecule has 12 heteroatoms. The van der Waals surface area contributed by atoms with E-state index < -0.39 is 26.1 Å². The molecule has 2 amide bonds. The van der Waals surface area contributed by atoms with Crippen LogP contribution in [0.3, 0.4) is 0 Å². The number of carbonyl (C=O) groups excluding carboxylic acids is 2. The van der Waals surface area contributed by atoms with Crippen LogP contribution in [0.5, 0.6) is 28.7 Å².